The minimum atomic E-state index is 0.413. The maximum Gasteiger partial charge on any atom is 0.00674 e. The highest BCUT2D eigenvalue weighted by Gasteiger charge is 2.59. The summed E-state index contributed by atoms with van der Waals surface area (Å²) < 4.78 is 0. The maximum atomic E-state index is 6.35. The lowest BCUT2D eigenvalue weighted by molar-refractivity contribution is -0.138. The fourth-order valence-corrected chi connectivity index (χ4v) is 5.61. The van der Waals surface area contributed by atoms with Crippen LogP contribution >= 0.6 is 0 Å². The first-order valence-corrected chi connectivity index (χ1v) is 7.21. The molecular formula is C15H27N. The second-order valence-electron chi connectivity index (χ2n) is 7.63. The summed E-state index contributed by atoms with van der Waals surface area (Å²) in [6.07, 6.45) is 8.85. The van der Waals surface area contributed by atoms with Gasteiger partial charge in [0.2, 0.25) is 0 Å². The van der Waals surface area contributed by atoms with E-state index in [2.05, 4.69) is 20.8 Å². The van der Waals surface area contributed by atoms with Crippen LogP contribution in [0.2, 0.25) is 0 Å². The standard InChI is InChI=1S/C15H27N/c1-10(2)14-5-12-4-13(6-14)8-15(7-12,9-14)11(3)16/h10-13H,4-9,16H2,1-3H3. The molecule has 0 amide bonds. The molecule has 0 heterocycles. The topological polar surface area (TPSA) is 26.0 Å². The number of rotatable bonds is 2. The molecule has 0 spiro atoms. The summed E-state index contributed by atoms with van der Waals surface area (Å²) in [6.45, 7) is 7.16. The van der Waals surface area contributed by atoms with Crippen LogP contribution in [0.1, 0.15) is 59.3 Å². The van der Waals surface area contributed by atoms with Crippen molar-refractivity contribution >= 4 is 0 Å². The van der Waals surface area contributed by atoms with Gasteiger partial charge in [0.05, 0.1) is 0 Å². The van der Waals surface area contributed by atoms with Crippen LogP contribution in [0.5, 0.6) is 0 Å². The van der Waals surface area contributed by atoms with E-state index in [4.69, 9.17) is 5.73 Å². The molecule has 0 aromatic carbocycles. The summed E-state index contributed by atoms with van der Waals surface area (Å²) >= 11 is 0. The predicted octanol–water partition coefficient (Wildman–Crippen LogP) is 3.58. The molecule has 4 aliphatic carbocycles. The minimum absolute atomic E-state index is 0.413. The third kappa shape index (κ3) is 1.33. The lowest BCUT2D eigenvalue weighted by Gasteiger charge is -2.65. The third-order valence-corrected chi connectivity index (χ3v) is 6.34. The number of hydrogen-bond acceptors (Lipinski definition) is 1. The van der Waals surface area contributed by atoms with Gasteiger partial charge in [-0.15, -0.1) is 0 Å². The molecule has 4 rings (SSSR count). The van der Waals surface area contributed by atoms with Crippen molar-refractivity contribution in [1.82, 2.24) is 0 Å². The van der Waals surface area contributed by atoms with Crippen molar-refractivity contribution in [3.05, 3.63) is 0 Å². The summed E-state index contributed by atoms with van der Waals surface area (Å²) in [5, 5.41) is 0. The molecule has 4 fully saturated rings. The van der Waals surface area contributed by atoms with Crippen LogP contribution in [0, 0.1) is 28.6 Å². The van der Waals surface area contributed by atoms with E-state index < -0.39 is 0 Å². The van der Waals surface area contributed by atoms with Crippen LogP contribution < -0.4 is 5.73 Å². The zero-order valence-corrected chi connectivity index (χ0v) is 11.1. The van der Waals surface area contributed by atoms with Gasteiger partial charge in [0.1, 0.15) is 0 Å². The van der Waals surface area contributed by atoms with Crippen molar-refractivity contribution in [2.45, 2.75) is 65.3 Å². The van der Waals surface area contributed by atoms with Gasteiger partial charge < -0.3 is 5.73 Å². The first kappa shape index (κ1) is 11.1. The number of hydrogen-bond donors (Lipinski definition) is 1. The van der Waals surface area contributed by atoms with Crippen molar-refractivity contribution in [3.63, 3.8) is 0 Å². The van der Waals surface area contributed by atoms with Crippen LogP contribution in [0.3, 0.4) is 0 Å². The zero-order chi connectivity index (χ0) is 11.6. The van der Waals surface area contributed by atoms with E-state index in [9.17, 15) is 0 Å². The predicted molar refractivity (Wildman–Crippen MR) is 68.0 cm³/mol. The van der Waals surface area contributed by atoms with Crippen LogP contribution in [-0.2, 0) is 0 Å². The molecule has 3 atom stereocenters. The Morgan fingerprint density at radius 2 is 1.44 bits per heavy atom. The first-order valence-electron chi connectivity index (χ1n) is 7.21. The van der Waals surface area contributed by atoms with Gasteiger partial charge in [-0.2, -0.15) is 0 Å². The molecule has 3 unspecified atom stereocenters. The van der Waals surface area contributed by atoms with Crippen LogP contribution in [0.25, 0.3) is 0 Å². The third-order valence-electron chi connectivity index (χ3n) is 6.34. The second kappa shape index (κ2) is 3.25. The summed E-state index contributed by atoms with van der Waals surface area (Å²) in [5.41, 5.74) is 7.54. The van der Waals surface area contributed by atoms with Crippen molar-refractivity contribution in [2.75, 3.05) is 0 Å². The van der Waals surface area contributed by atoms with Gasteiger partial charge in [-0.25, -0.2) is 0 Å². The molecule has 0 saturated heterocycles. The molecule has 16 heavy (non-hydrogen) atoms. The van der Waals surface area contributed by atoms with Gasteiger partial charge in [0.25, 0.3) is 0 Å². The zero-order valence-electron chi connectivity index (χ0n) is 11.1. The molecule has 0 aliphatic heterocycles. The molecule has 0 aromatic heterocycles. The smallest absolute Gasteiger partial charge is 0.00674 e. The Morgan fingerprint density at radius 3 is 1.88 bits per heavy atom. The van der Waals surface area contributed by atoms with E-state index >= 15 is 0 Å². The quantitative estimate of drug-likeness (QED) is 0.758. The first-order chi connectivity index (χ1) is 7.46. The van der Waals surface area contributed by atoms with Crippen LogP contribution in [0.4, 0.5) is 0 Å². The Labute approximate surface area is 100 Å². The lowest BCUT2D eigenvalue weighted by Crippen LogP contribution is -2.58. The van der Waals surface area contributed by atoms with E-state index in [1.165, 1.54) is 38.5 Å². The van der Waals surface area contributed by atoms with E-state index in [-0.39, 0.29) is 0 Å². The summed E-state index contributed by atoms with van der Waals surface area (Å²) in [5.74, 6) is 2.88. The van der Waals surface area contributed by atoms with Gasteiger partial charge >= 0.3 is 0 Å². The maximum absolute atomic E-state index is 6.35. The van der Waals surface area contributed by atoms with Crippen molar-refractivity contribution < 1.29 is 0 Å². The van der Waals surface area contributed by atoms with Crippen molar-refractivity contribution in [1.29, 1.82) is 0 Å². The Balaban J connectivity index is 1.97. The van der Waals surface area contributed by atoms with Crippen LogP contribution in [-0.4, -0.2) is 6.04 Å². The van der Waals surface area contributed by atoms with Crippen molar-refractivity contribution in [2.24, 2.45) is 34.3 Å². The van der Waals surface area contributed by atoms with E-state index in [0.717, 1.165) is 17.8 Å². The van der Waals surface area contributed by atoms with Gasteiger partial charge in [-0.1, -0.05) is 13.8 Å². The lowest BCUT2D eigenvalue weighted by atomic mass is 9.41. The van der Waals surface area contributed by atoms with Crippen LogP contribution in [0.15, 0.2) is 0 Å². The highest BCUT2D eigenvalue weighted by Crippen LogP contribution is 2.67. The fourth-order valence-electron chi connectivity index (χ4n) is 5.61. The second-order valence-corrected chi connectivity index (χ2v) is 7.63. The SMILES string of the molecule is CC(C)C12CC3CC(C1)CC(C(C)N)(C3)C2. The highest BCUT2D eigenvalue weighted by molar-refractivity contribution is 5.10. The van der Waals surface area contributed by atoms with E-state index in [1.54, 1.807) is 0 Å². The average Bonchev–Trinajstić information content (AvgIpc) is 2.14. The van der Waals surface area contributed by atoms with Crippen molar-refractivity contribution in [3.8, 4) is 0 Å². The summed E-state index contributed by atoms with van der Waals surface area (Å²) in [7, 11) is 0. The summed E-state index contributed by atoms with van der Waals surface area (Å²) in [6, 6.07) is 0.413. The molecule has 1 nitrogen and oxygen atoms in total. The average molecular weight is 221 g/mol. The molecular weight excluding hydrogens is 194 g/mol. The molecule has 92 valence electrons. The van der Waals surface area contributed by atoms with E-state index in [0.29, 0.717) is 16.9 Å². The number of nitrogens with two attached hydrogens (primary N) is 1. The van der Waals surface area contributed by atoms with Gasteiger partial charge in [-0.05, 0) is 74.0 Å². The Kier molecular flexibility index (Phi) is 2.25. The Hall–Kier alpha value is -0.0400. The van der Waals surface area contributed by atoms with Gasteiger partial charge in [0, 0.05) is 6.04 Å². The molecule has 4 aliphatic rings. The summed E-state index contributed by atoms with van der Waals surface area (Å²) in [4.78, 5) is 0. The monoisotopic (exact) mass is 221 g/mol. The van der Waals surface area contributed by atoms with Gasteiger partial charge in [0.15, 0.2) is 0 Å². The molecule has 1 heteroatoms. The fraction of sp³-hybridized carbons (Fsp3) is 1.00. The molecule has 4 saturated carbocycles. The highest BCUT2D eigenvalue weighted by atomic mass is 14.7. The van der Waals surface area contributed by atoms with E-state index in [1.807, 2.05) is 0 Å². The Morgan fingerprint density at radius 1 is 0.938 bits per heavy atom. The Bertz CT molecular complexity index is 252. The largest absolute Gasteiger partial charge is 0.327 e. The van der Waals surface area contributed by atoms with Gasteiger partial charge in [-0.3, -0.25) is 0 Å². The molecule has 0 radical (unpaired) electrons. The molecule has 4 bridgehead atoms. The molecule has 0 aromatic rings. The minimum Gasteiger partial charge on any atom is -0.327 e. The normalized spacial score (nSPS) is 52.3. The molecule has 2 N–H and O–H groups in total.